The second-order valence-electron chi connectivity index (χ2n) is 5.81. The van der Waals surface area contributed by atoms with Crippen LogP contribution >= 0.6 is 0 Å². The van der Waals surface area contributed by atoms with E-state index in [1.54, 1.807) is 13.2 Å². The van der Waals surface area contributed by atoms with Crippen molar-refractivity contribution in [2.45, 2.75) is 12.4 Å². The Morgan fingerprint density at radius 3 is 2.04 bits per heavy atom. The van der Waals surface area contributed by atoms with Crippen LogP contribution in [-0.4, -0.2) is 19.7 Å². The normalized spacial score (nSPS) is 12.2. The van der Waals surface area contributed by atoms with Crippen molar-refractivity contribution in [3.8, 4) is 11.1 Å². The van der Waals surface area contributed by atoms with Crippen molar-refractivity contribution in [1.29, 1.82) is 0 Å². The fourth-order valence-electron chi connectivity index (χ4n) is 2.39. The van der Waals surface area contributed by atoms with Crippen LogP contribution in [0.2, 0.25) is 0 Å². The maximum atomic E-state index is 12.9. The van der Waals surface area contributed by atoms with Crippen molar-refractivity contribution in [3.05, 3.63) is 47.9 Å². The predicted octanol–water partition coefficient (Wildman–Crippen LogP) is 4.24. The van der Waals surface area contributed by atoms with Crippen LogP contribution in [0.1, 0.15) is 11.1 Å². The molecule has 0 aliphatic rings. The SMILES string of the molecule is Cn1cc(-c2cnc(Nc3cc(C(F)(F)F)cc(C(F)(F)F)c3)nc2N)cn1. The second kappa shape index (κ2) is 6.69. The molecule has 2 aromatic heterocycles. The smallest absolute Gasteiger partial charge is 0.383 e. The quantitative estimate of drug-likeness (QED) is 0.641. The van der Waals surface area contributed by atoms with E-state index >= 15 is 0 Å². The summed E-state index contributed by atoms with van der Waals surface area (Å²) in [4.78, 5) is 7.80. The maximum Gasteiger partial charge on any atom is 0.416 e. The third-order valence-corrected chi connectivity index (χ3v) is 3.68. The lowest BCUT2D eigenvalue weighted by atomic mass is 10.1. The van der Waals surface area contributed by atoms with Gasteiger partial charge < -0.3 is 11.1 Å². The lowest BCUT2D eigenvalue weighted by Crippen LogP contribution is -2.12. The average Bonchev–Trinajstić information content (AvgIpc) is 2.99. The molecule has 0 unspecified atom stereocenters. The number of nitrogens with zero attached hydrogens (tertiary/aromatic N) is 4. The molecule has 0 radical (unpaired) electrons. The number of rotatable bonds is 3. The lowest BCUT2D eigenvalue weighted by molar-refractivity contribution is -0.143. The van der Waals surface area contributed by atoms with E-state index in [1.807, 2.05) is 0 Å². The van der Waals surface area contributed by atoms with Gasteiger partial charge in [-0.1, -0.05) is 0 Å². The fraction of sp³-hybridized carbons (Fsp3) is 0.188. The molecule has 3 aromatic rings. The molecular weight excluding hydrogens is 390 g/mol. The van der Waals surface area contributed by atoms with E-state index in [0.29, 0.717) is 23.3 Å². The number of hydrogen-bond donors (Lipinski definition) is 2. The zero-order valence-corrected chi connectivity index (χ0v) is 14.1. The number of alkyl halides is 6. The van der Waals surface area contributed by atoms with Gasteiger partial charge in [0.15, 0.2) is 0 Å². The summed E-state index contributed by atoms with van der Waals surface area (Å²) in [6, 6.07) is 1.10. The number of aryl methyl sites for hydroxylation is 1. The molecule has 6 nitrogen and oxygen atoms in total. The van der Waals surface area contributed by atoms with Gasteiger partial charge in [-0.05, 0) is 18.2 Å². The Morgan fingerprint density at radius 2 is 1.57 bits per heavy atom. The first-order valence-electron chi connectivity index (χ1n) is 7.61. The standard InChI is InChI=1S/C16H12F6N6/c1-28-7-8(5-25-28)12-6-24-14(27-13(12)23)26-11-3-9(15(17,18)19)2-10(4-11)16(20,21)22/h2-7H,1H3,(H3,23,24,26,27). The summed E-state index contributed by atoms with van der Waals surface area (Å²) in [6.07, 6.45) is -5.47. The van der Waals surface area contributed by atoms with Crippen LogP contribution in [0.25, 0.3) is 11.1 Å². The van der Waals surface area contributed by atoms with E-state index in [1.165, 1.54) is 17.1 Å². The van der Waals surface area contributed by atoms with Crippen LogP contribution in [0.3, 0.4) is 0 Å². The highest BCUT2D eigenvalue weighted by Crippen LogP contribution is 2.38. The summed E-state index contributed by atoms with van der Waals surface area (Å²) in [5, 5.41) is 6.30. The second-order valence-corrected chi connectivity index (χ2v) is 5.81. The molecule has 0 saturated heterocycles. The summed E-state index contributed by atoms with van der Waals surface area (Å²) in [7, 11) is 1.68. The summed E-state index contributed by atoms with van der Waals surface area (Å²) >= 11 is 0. The average molecular weight is 402 g/mol. The highest BCUT2D eigenvalue weighted by atomic mass is 19.4. The monoisotopic (exact) mass is 402 g/mol. The topological polar surface area (TPSA) is 81.7 Å². The molecule has 0 spiro atoms. The van der Waals surface area contributed by atoms with E-state index < -0.39 is 29.2 Å². The number of halogens is 6. The van der Waals surface area contributed by atoms with Gasteiger partial charge in [0.1, 0.15) is 5.82 Å². The van der Waals surface area contributed by atoms with Gasteiger partial charge in [-0.2, -0.15) is 36.4 Å². The van der Waals surface area contributed by atoms with E-state index in [2.05, 4.69) is 20.4 Å². The number of nitrogens with one attached hydrogen (secondary N) is 1. The largest absolute Gasteiger partial charge is 0.416 e. The van der Waals surface area contributed by atoms with Gasteiger partial charge in [0, 0.05) is 36.3 Å². The fourth-order valence-corrected chi connectivity index (χ4v) is 2.39. The Bertz CT molecular complexity index is 975. The molecule has 2 heterocycles. The van der Waals surface area contributed by atoms with Crippen molar-refractivity contribution < 1.29 is 26.3 Å². The van der Waals surface area contributed by atoms with Gasteiger partial charge in [0.25, 0.3) is 0 Å². The molecule has 0 bridgehead atoms. The van der Waals surface area contributed by atoms with Gasteiger partial charge in [0.2, 0.25) is 5.95 Å². The number of anilines is 3. The van der Waals surface area contributed by atoms with Gasteiger partial charge in [-0.25, -0.2) is 4.98 Å². The molecule has 1 aromatic carbocycles. The molecule has 148 valence electrons. The summed E-state index contributed by atoms with van der Waals surface area (Å²) in [6.45, 7) is 0. The minimum absolute atomic E-state index is 0.0199. The molecule has 3 rings (SSSR count). The Labute approximate surface area is 154 Å². The number of hydrogen-bond acceptors (Lipinski definition) is 5. The van der Waals surface area contributed by atoms with E-state index in [0.717, 1.165) is 0 Å². The van der Waals surface area contributed by atoms with Crippen molar-refractivity contribution in [3.63, 3.8) is 0 Å². The zero-order valence-electron chi connectivity index (χ0n) is 14.1. The predicted molar refractivity (Wildman–Crippen MR) is 88.4 cm³/mol. The minimum atomic E-state index is -4.96. The third-order valence-electron chi connectivity index (χ3n) is 3.68. The Morgan fingerprint density at radius 1 is 0.964 bits per heavy atom. The molecule has 3 N–H and O–H groups in total. The van der Waals surface area contributed by atoms with Gasteiger partial charge >= 0.3 is 12.4 Å². The first-order valence-corrected chi connectivity index (χ1v) is 7.61. The van der Waals surface area contributed by atoms with E-state index in [9.17, 15) is 26.3 Å². The highest BCUT2D eigenvalue weighted by Gasteiger charge is 2.37. The lowest BCUT2D eigenvalue weighted by Gasteiger charge is -2.15. The molecule has 0 aliphatic carbocycles. The van der Waals surface area contributed by atoms with Crippen molar-refractivity contribution in [1.82, 2.24) is 19.7 Å². The first kappa shape index (κ1) is 19.5. The molecule has 0 saturated carbocycles. The summed E-state index contributed by atoms with van der Waals surface area (Å²) < 4.78 is 79.1. The van der Waals surface area contributed by atoms with Crippen LogP contribution in [0.5, 0.6) is 0 Å². The van der Waals surface area contributed by atoms with Crippen LogP contribution < -0.4 is 11.1 Å². The Hall–Kier alpha value is -3.31. The van der Waals surface area contributed by atoms with Gasteiger partial charge in [-0.3, -0.25) is 4.68 Å². The van der Waals surface area contributed by atoms with Gasteiger partial charge in [0.05, 0.1) is 17.3 Å². The molecular formula is C16H12F6N6. The first-order chi connectivity index (χ1) is 12.9. The van der Waals surface area contributed by atoms with E-state index in [-0.39, 0.29) is 17.8 Å². The Kier molecular flexibility index (Phi) is 4.65. The molecule has 0 fully saturated rings. The molecule has 0 aliphatic heterocycles. The highest BCUT2D eigenvalue weighted by molar-refractivity contribution is 5.73. The third kappa shape index (κ3) is 4.15. The van der Waals surface area contributed by atoms with Crippen LogP contribution in [0.15, 0.2) is 36.8 Å². The zero-order chi connectivity index (χ0) is 20.7. The van der Waals surface area contributed by atoms with Crippen molar-refractivity contribution >= 4 is 17.5 Å². The number of nitrogens with two attached hydrogens (primary N) is 1. The number of benzene rings is 1. The van der Waals surface area contributed by atoms with Crippen molar-refractivity contribution in [2.75, 3.05) is 11.1 Å². The molecule has 0 amide bonds. The molecule has 28 heavy (non-hydrogen) atoms. The van der Waals surface area contributed by atoms with Crippen LogP contribution in [0, 0.1) is 0 Å². The van der Waals surface area contributed by atoms with Crippen LogP contribution in [-0.2, 0) is 19.4 Å². The summed E-state index contributed by atoms with van der Waals surface area (Å²) in [5.74, 6) is -0.272. The molecule has 12 heteroatoms. The van der Waals surface area contributed by atoms with Gasteiger partial charge in [-0.15, -0.1) is 0 Å². The number of aromatic nitrogens is 4. The number of nitrogen functional groups attached to an aromatic ring is 1. The maximum absolute atomic E-state index is 12.9. The Balaban J connectivity index is 1.96. The summed E-state index contributed by atoms with van der Waals surface area (Å²) in [5.41, 5.74) is 3.46. The van der Waals surface area contributed by atoms with Crippen LogP contribution in [0.4, 0.5) is 43.8 Å². The minimum Gasteiger partial charge on any atom is -0.383 e. The van der Waals surface area contributed by atoms with E-state index in [4.69, 9.17) is 5.73 Å². The molecule has 0 atom stereocenters. The van der Waals surface area contributed by atoms with Crippen molar-refractivity contribution in [2.24, 2.45) is 7.05 Å².